The van der Waals surface area contributed by atoms with E-state index in [0.29, 0.717) is 5.56 Å². The van der Waals surface area contributed by atoms with Crippen LogP contribution >= 0.6 is 0 Å². The zero-order valence-electron chi connectivity index (χ0n) is 12.6. The van der Waals surface area contributed by atoms with Gasteiger partial charge in [0, 0.05) is 17.7 Å². The molecule has 21 heavy (non-hydrogen) atoms. The molecule has 1 aliphatic heterocycles. The van der Waals surface area contributed by atoms with Gasteiger partial charge in [-0.2, -0.15) is 0 Å². The lowest BCUT2D eigenvalue weighted by molar-refractivity contribution is 0.102. The molecule has 1 unspecified atom stereocenters. The number of hydrogen-bond donors (Lipinski definition) is 1. The van der Waals surface area contributed by atoms with Crippen LogP contribution in [0.4, 0.5) is 5.69 Å². The molecule has 0 aromatic heterocycles. The van der Waals surface area contributed by atoms with E-state index >= 15 is 0 Å². The second kappa shape index (κ2) is 5.24. The highest BCUT2D eigenvalue weighted by Crippen LogP contribution is 2.29. The number of carbonyl (C=O) groups is 1. The Kier molecular flexibility index (Phi) is 3.42. The van der Waals surface area contributed by atoms with Gasteiger partial charge in [-0.25, -0.2) is 0 Å². The third kappa shape index (κ3) is 2.77. The van der Waals surface area contributed by atoms with Crippen LogP contribution < -0.4 is 10.1 Å². The predicted molar refractivity (Wildman–Crippen MR) is 84.1 cm³/mol. The van der Waals surface area contributed by atoms with Crippen LogP contribution in [0.5, 0.6) is 5.75 Å². The lowest BCUT2D eigenvalue weighted by atomic mass is 10.1. The van der Waals surface area contributed by atoms with Gasteiger partial charge in [-0.05, 0) is 56.2 Å². The molecule has 0 saturated heterocycles. The number of rotatable bonds is 2. The van der Waals surface area contributed by atoms with Crippen LogP contribution in [0, 0.1) is 13.8 Å². The monoisotopic (exact) mass is 281 g/mol. The first-order chi connectivity index (χ1) is 10.0. The van der Waals surface area contributed by atoms with Crippen LogP contribution in [0.15, 0.2) is 36.4 Å². The van der Waals surface area contributed by atoms with E-state index in [9.17, 15) is 4.79 Å². The lowest BCUT2D eigenvalue weighted by Crippen LogP contribution is -2.13. The molecule has 108 valence electrons. The summed E-state index contributed by atoms with van der Waals surface area (Å²) in [5, 5.41) is 2.98. The zero-order valence-corrected chi connectivity index (χ0v) is 12.6. The van der Waals surface area contributed by atoms with Gasteiger partial charge in [0.2, 0.25) is 0 Å². The fraction of sp³-hybridized carbons (Fsp3) is 0.278. The molecular weight excluding hydrogens is 262 g/mol. The molecule has 0 spiro atoms. The van der Waals surface area contributed by atoms with E-state index in [1.807, 2.05) is 51.1 Å². The molecule has 3 heteroatoms. The molecule has 0 aliphatic carbocycles. The molecule has 0 bridgehead atoms. The number of amides is 1. The molecule has 0 fully saturated rings. The summed E-state index contributed by atoms with van der Waals surface area (Å²) >= 11 is 0. The second-order valence-electron chi connectivity index (χ2n) is 5.73. The van der Waals surface area contributed by atoms with Crippen LogP contribution in [0.1, 0.15) is 34.0 Å². The molecule has 2 aromatic rings. The van der Waals surface area contributed by atoms with E-state index in [1.165, 1.54) is 5.56 Å². The highest BCUT2D eigenvalue weighted by molar-refractivity contribution is 6.04. The van der Waals surface area contributed by atoms with Crippen molar-refractivity contribution < 1.29 is 9.53 Å². The third-order valence-corrected chi connectivity index (χ3v) is 3.79. The predicted octanol–water partition coefficient (Wildman–Crippen LogP) is 3.88. The number of anilines is 1. The lowest BCUT2D eigenvalue weighted by Gasteiger charge is -2.10. The molecular formula is C18H19NO2. The molecule has 3 nitrogen and oxygen atoms in total. The maximum absolute atomic E-state index is 12.4. The average Bonchev–Trinajstić information content (AvgIpc) is 2.80. The van der Waals surface area contributed by atoms with Crippen molar-refractivity contribution in [3.05, 3.63) is 58.7 Å². The Morgan fingerprint density at radius 3 is 2.76 bits per heavy atom. The SMILES string of the molecule is Cc1ccc(NC(=O)c2ccc3c(c2)CC(C)O3)c(C)c1. The topological polar surface area (TPSA) is 38.3 Å². The van der Waals surface area contributed by atoms with E-state index in [-0.39, 0.29) is 12.0 Å². The number of ether oxygens (including phenoxy) is 1. The van der Waals surface area contributed by atoms with E-state index in [0.717, 1.165) is 29.0 Å². The summed E-state index contributed by atoms with van der Waals surface area (Å²) in [6, 6.07) is 11.6. The summed E-state index contributed by atoms with van der Waals surface area (Å²) < 4.78 is 5.66. The van der Waals surface area contributed by atoms with Crippen LogP contribution in [-0.2, 0) is 6.42 Å². The van der Waals surface area contributed by atoms with Crippen molar-refractivity contribution in [1.29, 1.82) is 0 Å². The second-order valence-corrected chi connectivity index (χ2v) is 5.73. The molecule has 0 saturated carbocycles. The van der Waals surface area contributed by atoms with E-state index in [1.54, 1.807) is 0 Å². The Hall–Kier alpha value is -2.29. The number of aryl methyl sites for hydroxylation is 2. The normalized spacial score (nSPS) is 16.2. The van der Waals surface area contributed by atoms with Crippen molar-refractivity contribution in [3.8, 4) is 5.75 Å². The smallest absolute Gasteiger partial charge is 0.255 e. The Labute approximate surface area is 124 Å². The first kappa shape index (κ1) is 13.7. The number of carbonyl (C=O) groups excluding carboxylic acids is 1. The van der Waals surface area contributed by atoms with E-state index in [2.05, 4.69) is 11.4 Å². The van der Waals surface area contributed by atoms with Crippen molar-refractivity contribution >= 4 is 11.6 Å². The fourth-order valence-corrected chi connectivity index (χ4v) is 2.71. The van der Waals surface area contributed by atoms with Gasteiger partial charge in [0.1, 0.15) is 11.9 Å². The van der Waals surface area contributed by atoms with Gasteiger partial charge in [-0.15, -0.1) is 0 Å². The van der Waals surface area contributed by atoms with Gasteiger partial charge in [-0.1, -0.05) is 17.7 Å². The van der Waals surface area contributed by atoms with Crippen molar-refractivity contribution in [2.45, 2.75) is 33.3 Å². The van der Waals surface area contributed by atoms with Crippen LogP contribution in [0.2, 0.25) is 0 Å². The van der Waals surface area contributed by atoms with Gasteiger partial charge in [0.25, 0.3) is 5.91 Å². The molecule has 3 rings (SSSR count). The maximum Gasteiger partial charge on any atom is 0.255 e. The van der Waals surface area contributed by atoms with Gasteiger partial charge in [0.05, 0.1) is 0 Å². The summed E-state index contributed by atoms with van der Waals surface area (Å²) in [6.07, 6.45) is 1.05. The molecule has 1 aliphatic rings. The highest BCUT2D eigenvalue weighted by atomic mass is 16.5. The van der Waals surface area contributed by atoms with Crippen molar-refractivity contribution in [2.75, 3.05) is 5.32 Å². The van der Waals surface area contributed by atoms with E-state index < -0.39 is 0 Å². The Balaban J connectivity index is 1.81. The van der Waals surface area contributed by atoms with Gasteiger partial charge < -0.3 is 10.1 Å². The van der Waals surface area contributed by atoms with Gasteiger partial charge >= 0.3 is 0 Å². The molecule has 0 radical (unpaired) electrons. The number of benzene rings is 2. The van der Waals surface area contributed by atoms with Crippen LogP contribution in [0.25, 0.3) is 0 Å². The summed E-state index contributed by atoms with van der Waals surface area (Å²) in [5.74, 6) is 0.815. The fourth-order valence-electron chi connectivity index (χ4n) is 2.71. The Morgan fingerprint density at radius 1 is 1.19 bits per heavy atom. The minimum atomic E-state index is -0.0793. The standard InChI is InChI=1S/C18H19NO2/c1-11-4-6-16(12(2)8-11)19-18(20)14-5-7-17-15(10-14)9-13(3)21-17/h4-8,10,13H,9H2,1-3H3,(H,19,20). The van der Waals surface area contributed by atoms with Crippen molar-refractivity contribution in [3.63, 3.8) is 0 Å². The maximum atomic E-state index is 12.4. The van der Waals surface area contributed by atoms with Gasteiger partial charge in [-0.3, -0.25) is 4.79 Å². The summed E-state index contributed by atoms with van der Waals surface area (Å²) in [5.41, 5.74) is 4.90. The Morgan fingerprint density at radius 2 is 2.00 bits per heavy atom. The van der Waals surface area contributed by atoms with Crippen LogP contribution in [0.3, 0.4) is 0 Å². The highest BCUT2D eigenvalue weighted by Gasteiger charge is 2.20. The number of nitrogens with one attached hydrogen (secondary N) is 1. The largest absolute Gasteiger partial charge is 0.490 e. The quantitative estimate of drug-likeness (QED) is 0.907. The average molecular weight is 281 g/mol. The van der Waals surface area contributed by atoms with Crippen molar-refractivity contribution in [2.24, 2.45) is 0 Å². The molecule has 1 amide bonds. The Bertz CT molecular complexity index is 706. The minimum absolute atomic E-state index is 0.0793. The molecule has 1 heterocycles. The molecule has 1 N–H and O–H groups in total. The first-order valence-electron chi connectivity index (χ1n) is 7.21. The minimum Gasteiger partial charge on any atom is -0.490 e. The van der Waals surface area contributed by atoms with E-state index in [4.69, 9.17) is 4.74 Å². The summed E-state index contributed by atoms with van der Waals surface area (Å²) in [6.45, 7) is 6.08. The van der Waals surface area contributed by atoms with Gasteiger partial charge in [0.15, 0.2) is 0 Å². The summed E-state index contributed by atoms with van der Waals surface area (Å²) in [4.78, 5) is 12.4. The summed E-state index contributed by atoms with van der Waals surface area (Å²) in [7, 11) is 0. The number of fused-ring (bicyclic) bond motifs is 1. The first-order valence-corrected chi connectivity index (χ1v) is 7.21. The third-order valence-electron chi connectivity index (χ3n) is 3.79. The number of hydrogen-bond acceptors (Lipinski definition) is 2. The van der Waals surface area contributed by atoms with Crippen molar-refractivity contribution in [1.82, 2.24) is 0 Å². The zero-order chi connectivity index (χ0) is 15.0. The molecule has 2 aromatic carbocycles. The van der Waals surface area contributed by atoms with Crippen LogP contribution in [-0.4, -0.2) is 12.0 Å². The molecule has 1 atom stereocenters.